The lowest BCUT2D eigenvalue weighted by atomic mass is 9.95. The number of pyridine rings is 1. The van der Waals surface area contributed by atoms with Crippen LogP contribution in [0.4, 0.5) is 0 Å². The second kappa shape index (κ2) is 6.00. The van der Waals surface area contributed by atoms with Crippen LogP contribution in [0.3, 0.4) is 0 Å². The number of halogens is 1. The summed E-state index contributed by atoms with van der Waals surface area (Å²) in [5.41, 5.74) is 3.23. The molecule has 0 saturated heterocycles. The molecule has 0 atom stereocenters. The Morgan fingerprint density at radius 1 is 1.10 bits per heavy atom. The lowest BCUT2D eigenvalue weighted by Crippen LogP contribution is -2.17. The normalized spacial score (nSPS) is 11.7. The van der Waals surface area contributed by atoms with E-state index in [2.05, 4.69) is 70.7 Å². The van der Waals surface area contributed by atoms with Crippen LogP contribution in [0.2, 0.25) is 0 Å². The van der Waals surface area contributed by atoms with Crippen LogP contribution in [0.15, 0.2) is 29.0 Å². The minimum atomic E-state index is -0.0575. The number of rotatable bonds is 3. The Labute approximate surface area is 129 Å². The summed E-state index contributed by atoms with van der Waals surface area (Å²) in [6.45, 7) is 8.49. The first-order valence-electron chi connectivity index (χ1n) is 6.86. The molecule has 0 amide bonds. The molecule has 2 rings (SSSR count). The van der Waals surface area contributed by atoms with Gasteiger partial charge in [-0.15, -0.1) is 0 Å². The molecule has 3 nitrogen and oxygen atoms in total. The maximum atomic E-state index is 4.66. The average Bonchev–Trinajstić information content (AvgIpc) is 2.38. The van der Waals surface area contributed by atoms with E-state index in [1.54, 1.807) is 0 Å². The van der Waals surface area contributed by atoms with Gasteiger partial charge in [-0.3, -0.25) is 4.98 Å². The van der Waals surface area contributed by atoms with E-state index in [0.29, 0.717) is 0 Å². The van der Waals surface area contributed by atoms with E-state index < -0.39 is 0 Å². The minimum Gasteiger partial charge on any atom is -0.261 e. The van der Waals surface area contributed by atoms with Gasteiger partial charge in [0.2, 0.25) is 0 Å². The standard InChI is InChI=1S/C16H20BrN3/c1-5-11-6-7-12(18-10-11)8-13-9-14(17)20-15(19-13)16(2,3)4/h6-7,9-10H,5,8H2,1-4H3. The highest BCUT2D eigenvalue weighted by Crippen LogP contribution is 2.21. The van der Waals surface area contributed by atoms with Gasteiger partial charge in [0.05, 0.1) is 5.69 Å². The van der Waals surface area contributed by atoms with Crippen molar-refractivity contribution in [1.29, 1.82) is 0 Å². The molecule has 0 radical (unpaired) electrons. The van der Waals surface area contributed by atoms with Crippen molar-refractivity contribution < 1.29 is 0 Å². The zero-order chi connectivity index (χ0) is 14.8. The predicted molar refractivity (Wildman–Crippen MR) is 84.9 cm³/mol. The van der Waals surface area contributed by atoms with E-state index >= 15 is 0 Å². The predicted octanol–water partition coefficient (Wildman–Crippen LogP) is 4.08. The van der Waals surface area contributed by atoms with Crippen molar-refractivity contribution in [2.45, 2.75) is 46.0 Å². The average molecular weight is 334 g/mol. The molecule has 2 aromatic heterocycles. The SMILES string of the molecule is CCc1ccc(Cc2cc(Br)nc(C(C)(C)C)n2)nc1. The molecule has 0 spiro atoms. The molecule has 0 saturated carbocycles. The maximum absolute atomic E-state index is 4.66. The molecule has 0 N–H and O–H groups in total. The molecule has 0 aliphatic carbocycles. The van der Waals surface area contributed by atoms with Gasteiger partial charge in [-0.05, 0) is 40.0 Å². The molecule has 0 aliphatic heterocycles. The van der Waals surface area contributed by atoms with E-state index in [0.717, 1.165) is 34.7 Å². The van der Waals surface area contributed by atoms with Crippen LogP contribution in [-0.4, -0.2) is 15.0 Å². The third-order valence-electron chi connectivity index (χ3n) is 3.08. The second-order valence-corrected chi connectivity index (χ2v) is 6.76. The molecule has 0 aliphatic rings. The first-order chi connectivity index (χ1) is 9.38. The zero-order valence-electron chi connectivity index (χ0n) is 12.4. The van der Waals surface area contributed by atoms with Crippen molar-refractivity contribution in [3.05, 3.63) is 51.8 Å². The highest BCUT2D eigenvalue weighted by atomic mass is 79.9. The molecule has 0 aromatic carbocycles. The van der Waals surface area contributed by atoms with E-state index in [1.165, 1.54) is 5.56 Å². The Morgan fingerprint density at radius 2 is 1.85 bits per heavy atom. The van der Waals surface area contributed by atoms with Crippen LogP contribution >= 0.6 is 15.9 Å². The lowest BCUT2D eigenvalue weighted by molar-refractivity contribution is 0.540. The summed E-state index contributed by atoms with van der Waals surface area (Å²) in [5.74, 6) is 0.854. The van der Waals surface area contributed by atoms with Crippen LogP contribution in [0.5, 0.6) is 0 Å². The van der Waals surface area contributed by atoms with Gasteiger partial charge >= 0.3 is 0 Å². The van der Waals surface area contributed by atoms with Crippen molar-refractivity contribution in [3.63, 3.8) is 0 Å². The first-order valence-corrected chi connectivity index (χ1v) is 7.65. The Kier molecular flexibility index (Phi) is 4.53. The second-order valence-electron chi connectivity index (χ2n) is 5.94. The van der Waals surface area contributed by atoms with Gasteiger partial charge in [-0.2, -0.15) is 0 Å². The molecule has 0 bridgehead atoms. The molecular weight excluding hydrogens is 314 g/mol. The van der Waals surface area contributed by atoms with Crippen molar-refractivity contribution in [2.24, 2.45) is 0 Å². The smallest absolute Gasteiger partial charge is 0.135 e. The van der Waals surface area contributed by atoms with Gasteiger partial charge in [0.25, 0.3) is 0 Å². The summed E-state index contributed by atoms with van der Waals surface area (Å²) in [6.07, 6.45) is 3.69. The number of aromatic nitrogens is 3. The third kappa shape index (κ3) is 3.85. The number of aryl methyl sites for hydroxylation is 1. The highest BCUT2D eigenvalue weighted by molar-refractivity contribution is 9.10. The molecule has 0 fully saturated rings. The quantitative estimate of drug-likeness (QED) is 0.794. The Balaban J connectivity index is 2.26. The summed E-state index contributed by atoms with van der Waals surface area (Å²) >= 11 is 3.47. The summed E-state index contributed by atoms with van der Waals surface area (Å²) in [7, 11) is 0. The summed E-state index contributed by atoms with van der Waals surface area (Å²) in [6, 6.07) is 6.17. The first kappa shape index (κ1) is 15.1. The van der Waals surface area contributed by atoms with Crippen LogP contribution in [0.1, 0.15) is 50.5 Å². The Bertz CT molecular complexity index is 586. The van der Waals surface area contributed by atoms with Crippen molar-refractivity contribution in [3.8, 4) is 0 Å². The van der Waals surface area contributed by atoms with Gasteiger partial charge < -0.3 is 0 Å². The Morgan fingerprint density at radius 3 is 2.40 bits per heavy atom. The van der Waals surface area contributed by atoms with E-state index in [1.807, 2.05) is 12.3 Å². The van der Waals surface area contributed by atoms with Crippen LogP contribution < -0.4 is 0 Å². The maximum Gasteiger partial charge on any atom is 0.135 e. The number of hydrogen-bond acceptors (Lipinski definition) is 3. The molecule has 0 unspecified atom stereocenters. The van der Waals surface area contributed by atoms with Crippen molar-refractivity contribution in [2.75, 3.05) is 0 Å². The van der Waals surface area contributed by atoms with Gasteiger partial charge in [-0.1, -0.05) is 33.8 Å². The molecule has 106 valence electrons. The van der Waals surface area contributed by atoms with E-state index in [9.17, 15) is 0 Å². The molecule has 2 heterocycles. The fraction of sp³-hybridized carbons (Fsp3) is 0.438. The minimum absolute atomic E-state index is 0.0575. The van der Waals surface area contributed by atoms with Gasteiger partial charge in [0, 0.05) is 23.7 Å². The largest absolute Gasteiger partial charge is 0.261 e. The van der Waals surface area contributed by atoms with Crippen molar-refractivity contribution >= 4 is 15.9 Å². The van der Waals surface area contributed by atoms with Gasteiger partial charge in [0.15, 0.2) is 0 Å². The van der Waals surface area contributed by atoms with E-state index in [4.69, 9.17) is 0 Å². The van der Waals surface area contributed by atoms with Crippen molar-refractivity contribution in [1.82, 2.24) is 15.0 Å². The fourth-order valence-electron chi connectivity index (χ4n) is 1.84. The molecular formula is C16H20BrN3. The third-order valence-corrected chi connectivity index (χ3v) is 3.48. The fourth-order valence-corrected chi connectivity index (χ4v) is 2.28. The lowest BCUT2D eigenvalue weighted by Gasteiger charge is -2.17. The van der Waals surface area contributed by atoms with Crippen LogP contribution in [0, 0.1) is 0 Å². The summed E-state index contributed by atoms with van der Waals surface area (Å²) in [4.78, 5) is 13.6. The van der Waals surface area contributed by atoms with E-state index in [-0.39, 0.29) is 5.41 Å². The molecule has 2 aromatic rings. The zero-order valence-corrected chi connectivity index (χ0v) is 14.0. The van der Waals surface area contributed by atoms with Crippen LogP contribution in [0.25, 0.3) is 0 Å². The highest BCUT2D eigenvalue weighted by Gasteiger charge is 2.18. The Hall–Kier alpha value is -1.29. The van der Waals surface area contributed by atoms with Gasteiger partial charge in [0.1, 0.15) is 10.4 Å². The number of hydrogen-bond donors (Lipinski definition) is 0. The summed E-state index contributed by atoms with van der Waals surface area (Å²) < 4.78 is 0.831. The van der Waals surface area contributed by atoms with Crippen LogP contribution in [-0.2, 0) is 18.3 Å². The van der Waals surface area contributed by atoms with Gasteiger partial charge in [-0.25, -0.2) is 9.97 Å². The summed E-state index contributed by atoms with van der Waals surface area (Å²) in [5, 5.41) is 0. The topological polar surface area (TPSA) is 38.7 Å². The molecule has 4 heteroatoms. The monoisotopic (exact) mass is 333 g/mol. The number of nitrogens with zero attached hydrogens (tertiary/aromatic N) is 3. The molecule has 20 heavy (non-hydrogen) atoms.